The van der Waals surface area contributed by atoms with Crippen LogP contribution in [0.15, 0.2) is 59.1 Å². The summed E-state index contributed by atoms with van der Waals surface area (Å²) in [5, 5.41) is 3.70. The Morgan fingerprint density at radius 2 is 1.67 bits per heavy atom. The zero-order chi connectivity index (χ0) is 16.9. The SMILES string of the molecule is Cc1ccc2c(c1)oc1ccc(-c3ccc([Si](C)(C)C)cn3)cc12. The Balaban J connectivity index is 1.84. The van der Waals surface area contributed by atoms with Crippen LogP contribution in [-0.2, 0) is 0 Å². The molecule has 4 rings (SSSR count). The molecule has 2 heterocycles. The summed E-state index contributed by atoms with van der Waals surface area (Å²) in [4.78, 5) is 4.70. The second kappa shape index (κ2) is 5.31. The summed E-state index contributed by atoms with van der Waals surface area (Å²) in [5.41, 5.74) is 5.24. The van der Waals surface area contributed by atoms with Crippen LogP contribution < -0.4 is 5.19 Å². The van der Waals surface area contributed by atoms with Crippen molar-refractivity contribution in [3.63, 3.8) is 0 Å². The summed E-state index contributed by atoms with van der Waals surface area (Å²) < 4.78 is 5.97. The van der Waals surface area contributed by atoms with E-state index in [1.165, 1.54) is 10.8 Å². The average Bonchev–Trinajstić information content (AvgIpc) is 2.90. The Morgan fingerprint density at radius 3 is 2.38 bits per heavy atom. The lowest BCUT2D eigenvalue weighted by Crippen LogP contribution is -2.37. The maximum absolute atomic E-state index is 5.97. The van der Waals surface area contributed by atoms with Gasteiger partial charge in [0.2, 0.25) is 0 Å². The zero-order valence-corrected chi connectivity index (χ0v) is 15.6. The number of hydrogen-bond donors (Lipinski definition) is 0. The van der Waals surface area contributed by atoms with E-state index in [0.717, 1.165) is 33.2 Å². The van der Waals surface area contributed by atoms with Crippen molar-refractivity contribution in [3.8, 4) is 11.3 Å². The number of benzene rings is 2. The molecular weight excluding hydrogens is 310 g/mol. The highest BCUT2D eigenvalue weighted by atomic mass is 28.3. The topological polar surface area (TPSA) is 26.0 Å². The molecule has 0 aliphatic rings. The van der Waals surface area contributed by atoms with Crippen LogP contribution in [-0.4, -0.2) is 13.1 Å². The number of aromatic nitrogens is 1. The maximum atomic E-state index is 5.97. The summed E-state index contributed by atoms with van der Waals surface area (Å²) in [6.07, 6.45) is 2.04. The minimum absolute atomic E-state index is 0.929. The second-order valence-corrected chi connectivity index (χ2v) is 12.6. The second-order valence-electron chi connectivity index (χ2n) is 7.49. The fourth-order valence-corrected chi connectivity index (χ4v) is 4.09. The van der Waals surface area contributed by atoms with Crippen molar-refractivity contribution in [1.82, 2.24) is 4.98 Å². The highest BCUT2D eigenvalue weighted by Crippen LogP contribution is 2.32. The Labute approximate surface area is 143 Å². The fraction of sp³-hybridized carbons (Fsp3) is 0.190. The summed E-state index contributed by atoms with van der Waals surface area (Å²) in [6, 6.07) is 17.1. The van der Waals surface area contributed by atoms with Crippen LogP contribution in [0, 0.1) is 6.92 Å². The first-order valence-corrected chi connectivity index (χ1v) is 11.8. The van der Waals surface area contributed by atoms with Gasteiger partial charge in [-0.05, 0) is 48.0 Å². The van der Waals surface area contributed by atoms with Gasteiger partial charge in [0.1, 0.15) is 11.2 Å². The van der Waals surface area contributed by atoms with Gasteiger partial charge in [0.25, 0.3) is 0 Å². The highest BCUT2D eigenvalue weighted by molar-refractivity contribution is 6.88. The first kappa shape index (κ1) is 15.2. The number of hydrogen-bond acceptors (Lipinski definition) is 2. The third-order valence-corrected chi connectivity index (χ3v) is 6.58. The molecule has 120 valence electrons. The standard InChI is InChI=1S/C21H21NOSi/c1-14-5-8-17-18-12-15(6-10-20(18)23-21(17)11-14)19-9-7-16(13-22-19)24(2,3)4/h5-13H,1-4H3. The van der Waals surface area contributed by atoms with E-state index in [0.29, 0.717) is 0 Å². The summed E-state index contributed by atoms with van der Waals surface area (Å²) >= 11 is 0. The predicted octanol–water partition coefficient (Wildman–Crippen LogP) is 5.50. The Morgan fingerprint density at radius 1 is 0.833 bits per heavy atom. The Bertz CT molecular complexity index is 1040. The van der Waals surface area contributed by atoms with Gasteiger partial charge in [0.15, 0.2) is 0 Å². The molecule has 0 atom stereocenters. The third kappa shape index (κ3) is 2.55. The molecule has 0 bridgehead atoms. The third-order valence-electron chi connectivity index (χ3n) is 4.55. The summed E-state index contributed by atoms with van der Waals surface area (Å²) in [6.45, 7) is 9.11. The van der Waals surface area contributed by atoms with Crippen LogP contribution in [0.5, 0.6) is 0 Å². The summed E-state index contributed by atoms with van der Waals surface area (Å²) in [7, 11) is -1.31. The van der Waals surface area contributed by atoms with E-state index in [1.807, 2.05) is 12.3 Å². The van der Waals surface area contributed by atoms with Gasteiger partial charge in [-0.2, -0.15) is 0 Å². The molecule has 0 N–H and O–H groups in total. The molecule has 0 aliphatic carbocycles. The van der Waals surface area contributed by atoms with Gasteiger partial charge < -0.3 is 4.42 Å². The molecule has 0 fully saturated rings. The van der Waals surface area contributed by atoms with Crippen LogP contribution in [0.2, 0.25) is 19.6 Å². The number of rotatable bonds is 2. The molecule has 24 heavy (non-hydrogen) atoms. The number of fused-ring (bicyclic) bond motifs is 3. The van der Waals surface area contributed by atoms with E-state index in [9.17, 15) is 0 Å². The molecule has 0 spiro atoms. The molecule has 0 saturated carbocycles. The van der Waals surface area contributed by atoms with E-state index < -0.39 is 8.07 Å². The fourth-order valence-electron chi connectivity index (χ4n) is 3.05. The molecule has 4 aromatic rings. The van der Waals surface area contributed by atoms with Crippen LogP contribution in [0.1, 0.15) is 5.56 Å². The maximum Gasteiger partial charge on any atom is 0.135 e. The predicted molar refractivity (Wildman–Crippen MR) is 105 cm³/mol. The molecule has 2 nitrogen and oxygen atoms in total. The molecule has 0 unspecified atom stereocenters. The van der Waals surface area contributed by atoms with Crippen molar-refractivity contribution in [2.45, 2.75) is 26.6 Å². The van der Waals surface area contributed by atoms with Gasteiger partial charge in [-0.1, -0.05) is 37.8 Å². The van der Waals surface area contributed by atoms with Crippen LogP contribution in [0.25, 0.3) is 33.2 Å². The van der Waals surface area contributed by atoms with Gasteiger partial charge in [-0.3, -0.25) is 4.98 Å². The minimum atomic E-state index is -1.31. The molecule has 0 saturated heterocycles. The van der Waals surface area contributed by atoms with E-state index in [4.69, 9.17) is 9.40 Å². The van der Waals surface area contributed by atoms with Crippen molar-refractivity contribution in [1.29, 1.82) is 0 Å². The van der Waals surface area contributed by atoms with Crippen molar-refractivity contribution in [2.75, 3.05) is 0 Å². The lowest BCUT2D eigenvalue weighted by atomic mass is 10.1. The number of pyridine rings is 1. The van der Waals surface area contributed by atoms with Crippen molar-refractivity contribution < 1.29 is 4.42 Å². The molecule has 0 aliphatic heterocycles. The van der Waals surface area contributed by atoms with E-state index in [2.05, 4.69) is 69.0 Å². The van der Waals surface area contributed by atoms with Gasteiger partial charge in [0, 0.05) is 22.5 Å². The van der Waals surface area contributed by atoms with E-state index in [1.54, 1.807) is 0 Å². The minimum Gasteiger partial charge on any atom is -0.456 e. The molecule has 0 amide bonds. The van der Waals surface area contributed by atoms with Crippen LogP contribution in [0.3, 0.4) is 0 Å². The van der Waals surface area contributed by atoms with Crippen molar-refractivity contribution in [3.05, 3.63) is 60.3 Å². The lowest BCUT2D eigenvalue weighted by Gasteiger charge is -2.16. The quantitative estimate of drug-likeness (QED) is 0.453. The molecule has 2 aromatic heterocycles. The summed E-state index contributed by atoms with van der Waals surface area (Å²) in [5.74, 6) is 0. The largest absolute Gasteiger partial charge is 0.456 e. The Kier molecular flexibility index (Phi) is 3.36. The van der Waals surface area contributed by atoms with E-state index in [-0.39, 0.29) is 0 Å². The first-order valence-electron chi connectivity index (χ1n) is 8.32. The Hall–Kier alpha value is -2.39. The van der Waals surface area contributed by atoms with Crippen LogP contribution in [0.4, 0.5) is 0 Å². The monoisotopic (exact) mass is 331 g/mol. The molecule has 2 aromatic carbocycles. The van der Waals surface area contributed by atoms with Crippen LogP contribution >= 0.6 is 0 Å². The van der Waals surface area contributed by atoms with Gasteiger partial charge in [-0.15, -0.1) is 0 Å². The van der Waals surface area contributed by atoms with Gasteiger partial charge in [-0.25, -0.2) is 0 Å². The van der Waals surface area contributed by atoms with Gasteiger partial charge in [0.05, 0.1) is 13.8 Å². The number of aryl methyl sites for hydroxylation is 1. The van der Waals surface area contributed by atoms with Crippen molar-refractivity contribution in [2.24, 2.45) is 0 Å². The van der Waals surface area contributed by atoms with Crippen molar-refractivity contribution >= 4 is 35.2 Å². The number of furan rings is 1. The first-order chi connectivity index (χ1) is 11.4. The highest BCUT2D eigenvalue weighted by Gasteiger charge is 2.16. The smallest absolute Gasteiger partial charge is 0.135 e. The lowest BCUT2D eigenvalue weighted by molar-refractivity contribution is 0.668. The number of nitrogens with zero attached hydrogens (tertiary/aromatic N) is 1. The van der Waals surface area contributed by atoms with Gasteiger partial charge >= 0.3 is 0 Å². The average molecular weight is 331 g/mol. The molecule has 3 heteroatoms. The molecular formula is C21H21NOSi. The van der Waals surface area contributed by atoms with E-state index >= 15 is 0 Å². The zero-order valence-electron chi connectivity index (χ0n) is 14.6. The normalized spacial score (nSPS) is 12.2. The molecule has 0 radical (unpaired) electrons.